The van der Waals surface area contributed by atoms with Crippen LogP contribution in [0.15, 0.2) is 48.7 Å². The molecule has 0 saturated heterocycles. The van der Waals surface area contributed by atoms with Crippen molar-refractivity contribution in [2.24, 2.45) is 0 Å². The Balaban J connectivity index is 1.34. The number of nitrogens with one attached hydrogen (secondary N) is 1. The Hall–Kier alpha value is -3.48. The summed E-state index contributed by atoms with van der Waals surface area (Å²) < 4.78 is 7.56. The molecular formula is C24H26N6O. The number of unbranched alkanes of at least 4 members (excludes halogenated alkanes) is 2. The van der Waals surface area contributed by atoms with Crippen molar-refractivity contribution in [1.82, 2.24) is 25.0 Å². The molecule has 31 heavy (non-hydrogen) atoms. The van der Waals surface area contributed by atoms with E-state index < -0.39 is 0 Å². The molecule has 158 valence electrons. The number of ether oxygens (including phenoxy) is 1. The first kappa shape index (κ1) is 19.5. The van der Waals surface area contributed by atoms with Gasteiger partial charge >= 0.3 is 0 Å². The molecule has 0 spiro atoms. The van der Waals surface area contributed by atoms with E-state index in [0.29, 0.717) is 17.1 Å². The SMILES string of the molecule is CCCCCOc1ccc(Nc2ncc3nnn(-c4ccc5c(c4)CCC5)c3n2)cc1. The van der Waals surface area contributed by atoms with Crippen LogP contribution in [-0.4, -0.2) is 31.6 Å². The summed E-state index contributed by atoms with van der Waals surface area (Å²) in [5.41, 5.74) is 6.07. The zero-order chi connectivity index (χ0) is 21.0. The molecule has 5 rings (SSSR count). The Bertz CT molecular complexity index is 1180. The second kappa shape index (κ2) is 8.71. The Labute approximate surface area is 181 Å². The lowest BCUT2D eigenvalue weighted by Crippen LogP contribution is -2.02. The number of aromatic nitrogens is 5. The maximum atomic E-state index is 5.78. The van der Waals surface area contributed by atoms with Crippen molar-refractivity contribution < 1.29 is 4.74 Å². The van der Waals surface area contributed by atoms with E-state index >= 15 is 0 Å². The summed E-state index contributed by atoms with van der Waals surface area (Å²) in [6.45, 7) is 2.94. The fourth-order valence-corrected chi connectivity index (χ4v) is 3.96. The van der Waals surface area contributed by atoms with E-state index in [4.69, 9.17) is 4.74 Å². The van der Waals surface area contributed by atoms with Gasteiger partial charge in [-0.05, 0) is 73.2 Å². The van der Waals surface area contributed by atoms with E-state index in [1.165, 1.54) is 30.4 Å². The molecule has 1 aliphatic carbocycles. The van der Waals surface area contributed by atoms with E-state index in [-0.39, 0.29) is 0 Å². The monoisotopic (exact) mass is 414 g/mol. The lowest BCUT2D eigenvalue weighted by molar-refractivity contribution is 0.306. The summed E-state index contributed by atoms with van der Waals surface area (Å²) in [4.78, 5) is 9.07. The molecule has 0 saturated carbocycles. The topological polar surface area (TPSA) is 77.8 Å². The predicted octanol–water partition coefficient (Wildman–Crippen LogP) is 5.01. The predicted molar refractivity (Wildman–Crippen MR) is 121 cm³/mol. The average molecular weight is 415 g/mol. The van der Waals surface area contributed by atoms with Gasteiger partial charge in [0.2, 0.25) is 5.95 Å². The lowest BCUT2D eigenvalue weighted by Gasteiger charge is -2.08. The molecule has 1 aliphatic rings. The first-order chi connectivity index (χ1) is 15.3. The minimum absolute atomic E-state index is 0.508. The molecule has 0 bridgehead atoms. The highest BCUT2D eigenvalue weighted by atomic mass is 16.5. The van der Waals surface area contributed by atoms with E-state index in [0.717, 1.165) is 43.0 Å². The van der Waals surface area contributed by atoms with Crippen LogP contribution in [0.2, 0.25) is 0 Å². The Morgan fingerprint density at radius 1 is 1.03 bits per heavy atom. The van der Waals surface area contributed by atoms with Gasteiger partial charge in [-0.3, -0.25) is 0 Å². The number of hydrogen-bond donors (Lipinski definition) is 1. The first-order valence-corrected chi connectivity index (χ1v) is 11.0. The molecule has 2 heterocycles. The van der Waals surface area contributed by atoms with Crippen LogP contribution in [0.4, 0.5) is 11.6 Å². The van der Waals surface area contributed by atoms with Gasteiger partial charge in [0.1, 0.15) is 5.75 Å². The van der Waals surface area contributed by atoms with Crippen molar-refractivity contribution in [2.45, 2.75) is 45.4 Å². The third-order valence-corrected chi connectivity index (χ3v) is 5.65. The van der Waals surface area contributed by atoms with E-state index in [1.54, 1.807) is 10.9 Å². The molecule has 2 aromatic carbocycles. The number of benzene rings is 2. The molecule has 0 amide bonds. The van der Waals surface area contributed by atoms with Gasteiger partial charge in [0.15, 0.2) is 11.2 Å². The fraction of sp³-hybridized carbons (Fsp3) is 0.333. The van der Waals surface area contributed by atoms with E-state index in [1.807, 2.05) is 24.3 Å². The highest BCUT2D eigenvalue weighted by Gasteiger charge is 2.15. The molecule has 7 nitrogen and oxygen atoms in total. The molecule has 0 radical (unpaired) electrons. The molecule has 4 aromatic rings. The smallest absolute Gasteiger partial charge is 0.229 e. The third-order valence-electron chi connectivity index (χ3n) is 5.65. The number of nitrogens with zero attached hydrogens (tertiary/aromatic N) is 5. The van der Waals surface area contributed by atoms with Crippen molar-refractivity contribution in [1.29, 1.82) is 0 Å². The number of hydrogen-bond acceptors (Lipinski definition) is 6. The zero-order valence-corrected chi connectivity index (χ0v) is 17.7. The van der Waals surface area contributed by atoms with Gasteiger partial charge in [0.05, 0.1) is 18.5 Å². The summed E-state index contributed by atoms with van der Waals surface area (Å²) in [6, 6.07) is 14.3. The maximum absolute atomic E-state index is 5.78. The minimum Gasteiger partial charge on any atom is -0.494 e. The van der Waals surface area contributed by atoms with Gasteiger partial charge in [0, 0.05) is 5.69 Å². The Morgan fingerprint density at radius 3 is 2.77 bits per heavy atom. The van der Waals surface area contributed by atoms with E-state index in [9.17, 15) is 0 Å². The largest absolute Gasteiger partial charge is 0.494 e. The summed E-state index contributed by atoms with van der Waals surface area (Å²) in [7, 11) is 0. The second-order valence-corrected chi connectivity index (χ2v) is 7.92. The van der Waals surface area contributed by atoms with Crippen LogP contribution in [-0.2, 0) is 12.8 Å². The second-order valence-electron chi connectivity index (χ2n) is 7.92. The molecule has 0 fully saturated rings. The van der Waals surface area contributed by atoms with Gasteiger partial charge in [-0.2, -0.15) is 9.67 Å². The number of aryl methyl sites for hydroxylation is 2. The maximum Gasteiger partial charge on any atom is 0.229 e. The summed E-state index contributed by atoms with van der Waals surface area (Å²) >= 11 is 0. The van der Waals surface area contributed by atoms with Gasteiger partial charge < -0.3 is 10.1 Å². The Morgan fingerprint density at radius 2 is 1.90 bits per heavy atom. The molecule has 0 unspecified atom stereocenters. The van der Waals surface area contributed by atoms with Crippen LogP contribution in [0.1, 0.15) is 43.7 Å². The van der Waals surface area contributed by atoms with Crippen molar-refractivity contribution in [3.63, 3.8) is 0 Å². The summed E-state index contributed by atoms with van der Waals surface area (Å²) in [5.74, 6) is 1.38. The fourth-order valence-electron chi connectivity index (χ4n) is 3.96. The third kappa shape index (κ3) is 4.21. The molecule has 2 aromatic heterocycles. The van der Waals surface area contributed by atoms with Crippen molar-refractivity contribution in [2.75, 3.05) is 11.9 Å². The van der Waals surface area contributed by atoms with Crippen molar-refractivity contribution in [3.8, 4) is 11.4 Å². The van der Waals surface area contributed by atoms with Crippen LogP contribution >= 0.6 is 0 Å². The molecule has 1 N–H and O–H groups in total. The molecular weight excluding hydrogens is 388 g/mol. The summed E-state index contributed by atoms with van der Waals surface area (Å²) in [5, 5.41) is 11.8. The highest BCUT2D eigenvalue weighted by molar-refractivity contribution is 5.73. The lowest BCUT2D eigenvalue weighted by atomic mass is 10.1. The molecule has 0 atom stereocenters. The van der Waals surface area contributed by atoms with E-state index in [2.05, 4.69) is 50.7 Å². The summed E-state index contributed by atoms with van der Waals surface area (Å²) in [6.07, 6.45) is 8.66. The molecule has 7 heteroatoms. The van der Waals surface area contributed by atoms with Crippen LogP contribution in [0.3, 0.4) is 0 Å². The van der Waals surface area contributed by atoms with Crippen LogP contribution in [0.25, 0.3) is 16.9 Å². The number of anilines is 2. The van der Waals surface area contributed by atoms with Gasteiger partial charge in [-0.15, -0.1) is 5.10 Å². The highest BCUT2D eigenvalue weighted by Crippen LogP contribution is 2.26. The number of fused-ring (bicyclic) bond motifs is 2. The minimum atomic E-state index is 0.508. The normalized spacial score (nSPS) is 12.8. The molecule has 0 aliphatic heterocycles. The number of rotatable bonds is 8. The average Bonchev–Trinajstić information content (AvgIpc) is 3.44. The Kier molecular flexibility index (Phi) is 5.48. The van der Waals surface area contributed by atoms with Crippen molar-refractivity contribution >= 4 is 22.8 Å². The van der Waals surface area contributed by atoms with Crippen LogP contribution < -0.4 is 10.1 Å². The van der Waals surface area contributed by atoms with Gasteiger partial charge in [0.25, 0.3) is 0 Å². The van der Waals surface area contributed by atoms with Gasteiger partial charge in [-0.25, -0.2) is 4.98 Å². The zero-order valence-electron chi connectivity index (χ0n) is 17.7. The van der Waals surface area contributed by atoms with Crippen molar-refractivity contribution in [3.05, 3.63) is 59.8 Å². The van der Waals surface area contributed by atoms with Gasteiger partial charge in [-0.1, -0.05) is 31.0 Å². The van der Waals surface area contributed by atoms with Crippen LogP contribution in [0, 0.1) is 0 Å². The van der Waals surface area contributed by atoms with Crippen LogP contribution in [0.5, 0.6) is 5.75 Å². The first-order valence-electron chi connectivity index (χ1n) is 11.0. The quantitative estimate of drug-likeness (QED) is 0.408. The standard InChI is InChI=1S/C24H26N6O/c1-2-3-4-14-31-21-12-9-19(10-13-21)26-24-25-16-22-23(27-24)30(29-28-22)20-11-8-17-6-5-7-18(17)15-20/h8-13,15-16H,2-7,14H2,1H3,(H,25,26,27).